The Hall–Kier alpha value is -3.09. The number of rotatable bonds is 4. The normalized spacial score (nSPS) is 18.4. The molecule has 1 fully saturated rings. The molecule has 2 aromatic carbocycles. The fourth-order valence-electron chi connectivity index (χ4n) is 3.95. The maximum absolute atomic E-state index is 13.8. The zero-order valence-corrected chi connectivity index (χ0v) is 17.1. The molecule has 6 nitrogen and oxygen atoms in total. The molecule has 2 aromatic rings. The standard InChI is InChI=1S/C23H26FN3O3/c1-16-9-10-17(13-18(16)24)25-22(28)15-27-14-21(23(29)26-11-5-2-6-12-26)30-20-8-4-3-7-19(20)27/h3-4,7-10,13,21H,2,5-6,11-12,14-15H2,1H3,(H,25,28)/t21-/m1/s1. The van der Waals surface area contributed by atoms with E-state index in [9.17, 15) is 14.0 Å². The number of hydrogen-bond donors (Lipinski definition) is 1. The number of carbonyl (C=O) groups excluding carboxylic acids is 2. The number of para-hydroxylation sites is 2. The van der Waals surface area contributed by atoms with Gasteiger partial charge in [-0.3, -0.25) is 9.59 Å². The smallest absolute Gasteiger partial charge is 0.265 e. The van der Waals surface area contributed by atoms with Crippen LogP contribution < -0.4 is 15.0 Å². The summed E-state index contributed by atoms with van der Waals surface area (Å²) < 4.78 is 19.8. The van der Waals surface area contributed by atoms with Crippen LogP contribution in [-0.2, 0) is 9.59 Å². The fraction of sp³-hybridized carbons (Fsp3) is 0.391. The molecule has 4 rings (SSSR count). The van der Waals surface area contributed by atoms with E-state index >= 15 is 0 Å². The van der Waals surface area contributed by atoms with E-state index in [0.717, 1.165) is 38.0 Å². The molecule has 0 aliphatic carbocycles. The largest absolute Gasteiger partial charge is 0.477 e. The number of ether oxygens (including phenoxy) is 1. The lowest BCUT2D eigenvalue weighted by Crippen LogP contribution is -2.52. The number of carbonyl (C=O) groups is 2. The molecule has 158 valence electrons. The van der Waals surface area contributed by atoms with Crippen molar-refractivity contribution < 1.29 is 18.7 Å². The van der Waals surface area contributed by atoms with Crippen molar-refractivity contribution in [2.45, 2.75) is 32.3 Å². The average molecular weight is 411 g/mol. The first-order chi connectivity index (χ1) is 14.5. The third-order valence-corrected chi connectivity index (χ3v) is 5.59. The zero-order valence-electron chi connectivity index (χ0n) is 17.1. The second kappa shape index (κ2) is 8.73. The van der Waals surface area contributed by atoms with E-state index in [1.807, 2.05) is 34.1 Å². The molecule has 2 heterocycles. The lowest BCUT2D eigenvalue weighted by molar-refractivity contribution is -0.139. The molecular weight excluding hydrogens is 385 g/mol. The van der Waals surface area contributed by atoms with E-state index < -0.39 is 6.10 Å². The Morgan fingerprint density at radius 3 is 2.67 bits per heavy atom. The van der Waals surface area contributed by atoms with Crippen molar-refractivity contribution in [3.63, 3.8) is 0 Å². The van der Waals surface area contributed by atoms with Gasteiger partial charge in [-0.2, -0.15) is 0 Å². The van der Waals surface area contributed by atoms with E-state index in [4.69, 9.17) is 4.74 Å². The van der Waals surface area contributed by atoms with Crippen LogP contribution in [0.1, 0.15) is 24.8 Å². The summed E-state index contributed by atoms with van der Waals surface area (Å²) in [6.07, 6.45) is 2.51. The van der Waals surface area contributed by atoms with Crippen molar-refractivity contribution in [1.29, 1.82) is 0 Å². The Bertz CT molecular complexity index is 943. The molecule has 1 saturated heterocycles. The predicted molar refractivity (Wildman–Crippen MR) is 113 cm³/mol. The van der Waals surface area contributed by atoms with Crippen LogP contribution >= 0.6 is 0 Å². The van der Waals surface area contributed by atoms with Crippen LogP contribution in [0.5, 0.6) is 5.75 Å². The van der Waals surface area contributed by atoms with Gasteiger partial charge < -0.3 is 19.9 Å². The molecule has 0 unspecified atom stereocenters. The number of halogens is 1. The van der Waals surface area contributed by atoms with Gasteiger partial charge in [-0.25, -0.2) is 4.39 Å². The number of piperidine rings is 1. The van der Waals surface area contributed by atoms with Crippen LogP contribution in [0.15, 0.2) is 42.5 Å². The Labute approximate surface area is 175 Å². The second-order valence-electron chi connectivity index (χ2n) is 7.85. The number of aryl methyl sites for hydroxylation is 1. The van der Waals surface area contributed by atoms with Crippen LogP contribution in [0, 0.1) is 12.7 Å². The van der Waals surface area contributed by atoms with E-state index in [1.165, 1.54) is 6.07 Å². The van der Waals surface area contributed by atoms with Crippen molar-refractivity contribution >= 4 is 23.2 Å². The molecule has 1 N–H and O–H groups in total. The van der Waals surface area contributed by atoms with Gasteiger partial charge in [0.05, 0.1) is 18.8 Å². The summed E-state index contributed by atoms with van der Waals surface area (Å²) in [5, 5.41) is 2.74. The maximum Gasteiger partial charge on any atom is 0.265 e. The number of hydrogen-bond acceptors (Lipinski definition) is 4. The van der Waals surface area contributed by atoms with Crippen LogP contribution in [0.2, 0.25) is 0 Å². The number of amides is 2. The minimum atomic E-state index is -0.650. The molecule has 0 saturated carbocycles. The van der Waals surface area contributed by atoms with E-state index in [1.54, 1.807) is 19.1 Å². The quantitative estimate of drug-likeness (QED) is 0.838. The number of benzene rings is 2. The summed E-state index contributed by atoms with van der Waals surface area (Å²) >= 11 is 0. The molecule has 0 aromatic heterocycles. The molecule has 0 bridgehead atoms. The lowest BCUT2D eigenvalue weighted by Gasteiger charge is -2.38. The molecule has 0 radical (unpaired) electrons. The summed E-state index contributed by atoms with van der Waals surface area (Å²) in [4.78, 5) is 29.3. The molecule has 1 atom stereocenters. The van der Waals surface area contributed by atoms with Crippen molar-refractivity contribution in [3.8, 4) is 5.75 Å². The number of nitrogens with one attached hydrogen (secondary N) is 1. The van der Waals surface area contributed by atoms with Gasteiger partial charge in [-0.1, -0.05) is 18.2 Å². The number of nitrogens with zero attached hydrogens (tertiary/aromatic N) is 2. The molecule has 30 heavy (non-hydrogen) atoms. The summed E-state index contributed by atoms with van der Waals surface area (Å²) in [7, 11) is 0. The zero-order chi connectivity index (χ0) is 21.1. The minimum Gasteiger partial charge on any atom is -0.477 e. The van der Waals surface area contributed by atoms with Gasteiger partial charge in [0.15, 0.2) is 6.10 Å². The molecular formula is C23H26FN3O3. The predicted octanol–water partition coefficient (Wildman–Crippen LogP) is 3.35. The SMILES string of the molecule is Cc1ccc(NC(=O)CN2C[C@H](C(=O)N3CCCCC3)Oc3ccccc32)cc1F. The summed E-state index contributed by atoms with van der Waals surface area (Å²) in [6.45, 7) is 3.51. The van der Waals surface area contributed by atoms with Gasteiger partial charge in [0.25, 0.3) is 5.91 Å². The minimum absolute atomic E-state index is 0.0322. The van der Waals surface area contributed by atoms with Crippen LogP contribution in [0.4, 0.5) is 15.8 Å². The van der Waals surface area contributed by atoms with Crippen molar-refractivity contribution in [3.05, 3.63) is 53.8 Å². The third-order valence-electron chi connectivity index (χ3n) is 5.59. The van der Waals surface area contributed by atoms with Crippen LogP contribution in [-0.4, -0.2) is 49.0 Å². The highest BCUT2D eigenvalue weighted by molar-refractivity contribution is 5.95. The van der Waals surface area contributed by atoms with Crippen LogP contribution in [0.25, 0.3) is 0 Å². The van der Waals surface area contributed by atoms with Crippen molar-refractivity contribution in [1.82, 2.24) is 4.90 Å². The summed E-state index contributed by atoms with van der Waals surface area (Å²) in [6, 6.07) is 12.0. The summed E-state index contributed by atoms with van der Waals surface area (Å²) in [5.41, 5.74) is 1.70. The van der Waals surface area contributed by atoms with Crippen molar-refractivity contribution in [2.75, 3.05) is 36.4 Å². The number of anilines is 2. The lowest BCUT2D eigenvalue weighted by atomic mass is 10.1. The first kappa shape index (κ1) is 20.2. The van der Waals surface area contributed by atoms with Gasteiger partial charge in [0.2, 0.25) is 5.91 Å². The highest BCUT2D eigenvalue weighted by atomic mass is 19.1. The van der Waals surface area contributed by atoms with Crippen LogP contribution in [0.3, 0.4) is 0 Å². The Kier molecular flexibility index (Phi) is 5.88. The second-order valence-corrected chi connectivity index (χ2v) is 7.85. The van der Waals surface area contributed by atoms with Gasteiger partial charge in [-0.15, -0.1) is 0 Å². The Morgan fingerprint density at radius 2 is 1.90 bits per heavy atom. The molecule has 2 amide bonds. The highest BCUT2D eigenvalue weighted by Crippen LogP contribution is 2.33. The highest BCUT2D eigenvalue weighted by Gasteiger charge is 2.34. The van der Waals surface area contributed by atoms with Gasteiger partial charge in [0, 0.05) is 18.8 Å². The maximum atomic E-state index is 13.8. The Balaban J connectivity index is 1.48. The molecule has 2 aliphatic heterocycles. The number of fused-ring (bicyclic) bond motifs is 1. The average Bonchev–Trinajstić information content (AvgIpc) is 2.76. The first-order valence-electron chi connectivity index (χ1n) is 10.4. The topological polar surface area (TPSA) is 61.9 Å². The molecule has 7 heteroatoms. The monoisotopic (exact) mass is 411 g/mol. The molecule has 2 aliphatic rings. The van der Waals surface area contributed by atoms with Gasteiger partial charge in [-0.05, 0) is 56.0 Å². The third kappa shape index (κ3) is 4.40. The fourth-order valence-corrected chi connectivity index (χ4v) is 3.95. The number of likely N-dealkylation sites (tertiary alicyclic amines) is 1. The summed E-state index contributed by atoms with van der Waals surface area (Å²) in [5.74, 6) is -0.0839. The van der Waals surface area contributed by atoms with E-state index in [2.05, 4.69) is 5.32 Å². The first-order valence-corrected chi connectivity index (χ1v) is 10.4. The van der Waals surface area contributed by atoms with Crippen molar-refractivity contribution in [2.24, 2.45) is 0 Å². The molecule has 0 spiro atoms. The Morgan fingerprint density at radius 1 is 1.13 bits per heavy atom. The van der Waals surface area contributed by atoms with E-state index in [0.29, 0.717) is 23.5 Å². The van der Waals surface area contributed by atoms with E-state index in [-0.39, 0.29) is 24.2 Å². The van der Waals surface area contributed by atoms with Gasteiger partial charge in [0.1, 0.15) is 11.6 Å². The van der Waals surface area contributed by atoms with Gasteiger partial charge >= 0.3 is 0 Å².